The van der Waals surface area contributed by atoms with Gasteiger partial charge in [-0.1, -0.05) is 135 Å². The summed E-state index contributed by atoms with van der Waals surface area (Å²) in [6.45, 7) is 7.35. The summed E-state index contributed by atoms with van der Waals surface area (Å²) in [6, 6.07) is 53.9. The maximum absolute atomic E-state index is 2.55. The zero-order valence-corrected chi connectivity index (χ0v) is 26.5. The molecule has 0 radical (unpaired) electrons. The van der Waals surface area contributed by atoms with E-state index in [1.54, 1.807) is 0 Å². The van der Waals surface area contributed by atoms with Gasteiger partial charge in [0.25, 0.3) is 0 Å². The van der Waals surface area contributed by atoms with Crippen LogP contribution in [0.2, 0.25) is 6.55 Å². The smallest absolute Gasteiger partial charge is 0.148 e. The minimum atomic E-state index is -2.21. The van der Waals surface area contributed by atoms with Crippen LogP contribution in [0.4, 0.5) is 17.1 Å². The monoisotopic (exact) mass is 587 g/mol. The van der Waals surface area contributed by atoms with Crippen molar-refractivity contribution in [1.29, 1.82) is 0 Å². The van der Waals surface area contributed by atoms with Crippen LogP contribution < -0.4 is 20.5 Å². The summed E-state index contributed by atoms with van der Waals surface area (Å²) in [4.78, 5) is 5.24. The molecule has 6 aromatic carbocycles. The summed E-state index contributed by atoms with van der Waals surface area (Å²) in [5.41, 5.74) is 9.03. The second-order valence-electron chi connectivity index (χ2n) is 12.3. The van der Waals surface area contributed by atoms with Crippen LogP contribution in [0.25, 0.3) is 11.1 Å². The zero-order valence-electron chi connectivity index (χ0n) is 24.7. The van der Waals surface area contributed by atoms with Crippen molar-refractivity contribution in [2.75, 3.05) is 4.90 Å². The highest BCUT2D eigenvalue weighted by Crippen LogP contribution is 2.54. The van der Waals surface area contributed by atoms with Crippen LogP contribution in [0.5, 0.6) is 0 Å². The van der Waals surface area contributed by atoms with E-state index in [0.29, 0.717) is 0 Å². The van der Waals surface area contributed by atoms with Crippen molar-refractivity contribution in [2.45, 2.75) is 35.6 Å². The summed E-state index contributed by atoms with van der Waals surface area (Å²) >= 11 is 1.98. The van der Waals surface area contributed by atoms with Gasteiger partial charge in [-0.25, -0.2) is 0 Å². The minimum absolute atomic E-state index is 0.114. The standard InChI is InChI=1S/C40H33NSSi/c1-40(2)33-25-26-37-39(42-35-21-13-14-22-36(35)43(37,3)31-19-11-6-12-20-31)38(33)32-24-23-30(27-34(32)40)41(28-15-7-4-8-16-28)29-17-9-5-10-18-29/h4-27H,1-3H3. The van der Waals surface area contributed by atoms with Crippen LogP contribution in [-0.4, -0.2) is 8.07 Å². The molecule has 208 valence electrons. The molecular weight excluding hydrogens is 555 g/mol. The first kappa shape index (κ1) is 26.3. The lowest BCUT2D eigenvalue weighted by Gasteiger charge is -2.37. The van der Waals surface area contributed by atoms with Crippen LogP contribution in [0, 0.1) is 0 Å². The predicted octanol–water partition coefficient (Wildman–Crippen LogP) is 9.03. The first-order valence-electron chi connectivity index (χ1n) is 15.0. The first-order chi connectivity index (χ1) is 21.0. The lowest BCUT2D eigenvalue weighted by Crippen LogP contribution is -2.67. The highest BCUT2D eigenvalue weighted by Gasteiger charge is 2.45. The fourth-order valence-corrected chi connectivity index (χ4v) is 13.7. The van der Waals surface area contributed by atoms with E-state index >= 15 is 0 Å². The van der Waals surface area contributed by atoms with E-state index in [1.807, 2.05) is 11.8 Å². The Morgan fingerprint density at radius 2 is 1.16 bits per heavy atom. The molecule has 0 spiro atoms. The van der Waals surface area contributed by atoms with Gasteiger partial charge in [-0.05, 0) is 80.3 Å². The van der Waals surface area contributed by atoms with E-state index < -0.39 is 8.07 Å². The number of benzene rings is 6. The molecule has 0 aromatic heterocycles. The average molecular weight is 588 g/mol. The molecule has 43 heavy (non-hydrogen) atoms. The zero-order chi connectivity index (χ0) is 29.2. The van der Waals surface area contributed by atoms with Gasteiger partial charge in [-0.2, -0.15) is 0 Å². The molecule has 1 unspecified atom stereocenters. The number of para-hydroxylation sites is 2. The van der Waals surface area contributed by atoms with Crippen LogP contribution in [0.1, 0.15) is 25.0 Å². The first-order valence-corrected chi connectivity index (χ1v) is 18.4. The van der Waals surface area contributed by atoms with Crippen LogP contribution in [0.15, 0.2) is 155 Å². The van der Waals surface area contributed by atoms with Gasteiger partial charge in [0.15, 0.2) is 0 Å². The van der Waals surface area contributed by atoms with Gasteiger partial charge in [0.05, 0.1) is 0 Å². The Balaban J connectivity index is 1.34. The fraction of sp³-hybridized carbons (Fsp3) is 0.100. The van der Waals surface area contributed by atoms with Gasteiger partial charge in [-0.15, -0.1) is 0 Å². The van der Waals surface area contributed by atoms with Gasteiger partial charge < -0.3 is 4.90 Å². The SMILES string of the molecule is CC1(C)c2cc(N(c3ccccc3)c3ccccc3)ccc2-c2c1ccc1c2Sc2ccccc2[Si]1(C)c1ccccc1. The Morgan fingerprint density at radius 3 is 1.84 bits per heavy atom. The Bertz CT molecular complexity index is 1950. The topological polar surface area (TPSA) is 3.24 Å². The van der Waals surface area contributed by atoms with Crippen LogP contribution in [-0.2, 0) is 5.41 Å². The Morgan fingerprint density at radius 1 is 0.558 bits per heavy atom. The average Bonchev–Trinajstić information content (AvgIpc) is 3.29. The number of fused-ring (bicyclic) bond motifs is 6. The molecule has 6 aromatic rings. The summed E-state index contributed by atoms with van der Waals surface area (Å²) in [5.74, 6) is 0. The van der Waals surface area contributed by atoms with Crippen molar-refractivity contribution >= 4 is 52.5 Å². The molecule has 0 amide bonds. The van der Waals surface area contributed by atoms with Gasteiger partial charge >= 0.3 is 0 Å². The highest BCUT2D eigenvalue weighted by molar-refractivity contribution is 8.00. The van der Waals surface area contributed by atoms with Crippen molar-refractivity contribution in [1.82, 2.24) is 0 Å². The van der Waals surface area contributed by atoms with Gasteiger partial charge in [0.2, 0.25) is 0 Å². The molecule has 0 fully saturated rings. The minimum Gasteiger partial charge on any atom is -0.310 e. The molecule has 0 saturated heterocycles. The highest BCUT2D eigenvalue weighted by atomic mass is 32.2. The largest absolute Gasteiger partial charge is 0.310 e. The van der Waals surface area contributed by atoms with Crippen LogP contribution in [0.3, 0.4) is 0 Å². The number of hydrogen-bond acceptors (Lipinski definition) is 2. The normalized spacial score (nSPS) is 17.4. The third-order valence-electron chi connectivity index (χ3n) is 9.59. The molecule has 1 aliphatic heterocycles. The Labute approximate surface area is 259 Å². The molecule has 0 N–H and O–H groups in total. The second kappa shape index (κ2) is 9.87. The number of nitrogens with zero attached hydrogens (tertiary/aromatic N) is 1. The number of hydrogen-bond donors (Lipinski definition) is 0. The van der Waals surface area contributed by atoms with E-state index in [4.69, 9.17) is 0 Å². The summed E-state index contributed by atoms with van der Waals surface area (Å²) < 4.78 is 0. The molecule has 3 heteroatoms. The third kappa shape index (κ3) is 3.92. The molecule has 1 aliphatic carbocycles. The summed E-state index contributed by atoms with van der Waals surface area (Å²) in [7, 11) is -2.21. The Kier molecular flexibility index (Phi) is 6.04. The van der Waals surface area contributed by atoms with Gasteiger partial charge in [-0.3, -0.25) is 0 Å². The lowest BCUT2D eigenvalue weighted by molar-refractivity contribution is 0.660. The summed E-state index contributed by atoms with van der Waals surface area (Å²) in [5, 5.41) is 4.52. The van der Waals surface area contributed by atoms with Crippen molar-refractivity contribution in [3.05, 3.63) is 157 Å². The number of rotatable bonds is 4. The van der Waals surface area contributed by atoms with Gasteiger partial charge in [0.1, 0.15) is 8.07 Å². The quantitative estimate of drug-likeness (QED) is 0.189. The molecule has 0 bridgehead atoms. The maximum Gasteiger partial charge on any atom is 0.148 e. The molecule has 1 atom stereocenters. The molecular formula is C40H33NSSi. The molecule has 1 heterocycles. The van der Waals surface area contributed by atoms with E-state index in [1.165, 1.54) is 53.3 Å². The third-order valence-corrected chi connectivity index (χ3v) is 15.7. The second-order valence-corrected chi connectivity index (χ2v) is 17.3. The Hall–Kier alpha value is -4.31. The van der Waals surface area contributed by atoms with Crippen molar-refractivity contribution in [3.63, 3.8) is 0 Å². The maximum atomic E-state index is 2.55. The predicted molar refractivity (Wildman–Crippen MR) is 186 cm³/mol. The molecule has 0 saturated carbocycles. The van der Waals surface area contributed by atoms with E-state index in [9.17, 15) is 0 Å². The lowest BCUT2D eigenvalue weighted by atomic mass is 9.82. The van der Waals surface area contributed by atoms with E-state index in [0.717, 1.165) is 11.4 Å². The molecule has 8 rings (SSSR count). The van der Waals surface area contributed by atoms with Crippen molar-refractivity contribution < 1.29 is 0 Å². The van der Waals surface area contributed by atoms with Gasteiger partial charge in [0, 0.05) is 32.3 Å². The molecule has 2 aliphatic rings. The number of anilines is 3. The van der Waals surface area contributed by atoms with E-state index in [-0.39, 0.29) is 5.41 Å². The van der Waals surface area contributed by atoms with Crippen LogP contribution >= 0.6 is 11.8 Å². The summed E-state index contributed by atoms with van der Waals surface area (Å²) in [6.07, 6.45) is 0. The van der Waals surface area contributed by atoms with Crippen molar-refractivity contribution in [3.8, 4) is 11.1 Å². The molecule has 1 nitrogen and oxygen atoms in total. The fourth-order valence-electron chi connectivity index (χ4n) is 7.33. The van der Waals surface area contributed by atoms with E-state index in [2.05, 4.69) is 171 Å². The van der Waals surface area contributed by atoms with Crippen molar-refractivity contribution in [2.24, 2.45) is 0 Å².